The van der Waals surface area contributed by atoms with Crippen LogP contribution in [0, 0.1) is 5.41 Å². The van der Waals surface area contributed by atoms with Crippen molar-refractivity contribution in [1.29, 1.82) is 0 Å². The first-order valence-corrected chi connectivity index (χ1v) is 10.9. The first-order valence-electron chi connectivity index (χ1n) is 9.29. The molecule has 0 saturated carbocycles. The lowest BCUT2D eigenvalue weighted by molar-refractivity contribution is 0.0612. The van der Waals surface area contributed by atoms with Crippen molar-refractivity contribution in [2.75, 3.05) is 44.2 Å². The molecule has 27 heavy (non-hydrogen) atoms. The average Bonchev–Trinajstić information content (AvgIpc) is 3.31. The number of nitrogens with one attached hydrogen (secondary N) is 1. The topological polar surface area (TPSA) is 48.5 Å². The summed E-state index contributed by atoms with van der Waals surface area (Å²) < 4.78 is 1.14. The number of anilines is 1. The van der Waals surface area contributed by atoms with Gasteiger partial charge in [-0.05, 0) is 51.1 Å². The number of piperidine rings is 1. The van der Waals surface area contributed by atoms with Gasteiger partial charge in [0.2, 0.25) is 0 Å². The van der Waals surface area contributed by atoms with E-state index in [2.05, 4.69) is 30.1 Å². The molecule has 0 atom stereocenters. The predicted octanol–water partition coefficient (Wildman–Crippen LogP) is 4.26. The van der Waals surface area contributed by atoms with Crippen molar-refractivity contribution in [2.45, 2.75) is 33.1 Å². The van der Waals surface area contributed by atoms with Crippen LogP contribution in [0.4, 0.5) is 5.13 Å². The third-order valence-corrected chi connectivity index (χ3v) is 7.98. The minimum atomic E-state index is 0. The highest BCUT2D eigenvalue weighted by Gasteiger charge is 2.38. The van der Waals surface area contributed by atoms with E-state index in [-0.39, 0.29) is 30.7 Å². The van der Waals surface area contributed by atoms with Crippen LogP contribution in [0.15, 0.2) is 6.07 Å². The summed E-state index contributed by atoms with van der Waals surface area (Å²) in [5.74, 6) is 0.195. The lowest BCUT2D eigenvalue weighted by atomic mass is 9.78. The van der Waals surface area contributed by atoms with Crippen LogP contribution in [0.1, 0.15) is 42.8 Å². The molecule has 1 spiro atoms. The van der Waals surface area contributed by atoms with E-state index in [4.69, 9.17) is 4.98 Å². The van der Waals surface area contributed by atoms with E-state index in [1.165, 1.54) is 6.42 Å². The summed E-state index contributed by atoms with van der Waals surface area (Å²) >= 11 is 3.25. The molecule has 2 aromatic rings. The molecule has 2 aromatic heterocycles. The van der Waals surface area contributed by atoms with Gasteiger partial charge in [0.15, 0.2) is 5.13 Å². The molecule has 4 heterocycles. The Morgan fingerprint density at radius 3 is 2.48 bits per heavy atom. The van der Waals surface area contributed by atoms with Gasteiger partial charge in [-0.3, -0.25) is 4.79 Å². The predicted molar refractivity (Wildman–Crippen MR) is 121 cm³/mol. The molecule has 1 amide bonds. The molecule has 2 aliphatic rings. The molecule has 5 nitrogen and oxygen atoms in total. The van der Waals surface area contributed by atoms with E-state index in [1.54, 1.807) is 22.7 Å². The molecule has 0 radical (unpaired) electrons. The molecule has 9 heteroatoms. The lowest BCUT2D eigenvalue weighted by Gasteiger charge is -2.38. The minimum absolute atomic E-state index is 0. The van der Waals surface area contributed by atoms with Gasteiger partial charge in [-0.15, -0.1) is 36.2 Å². The zero-order chi connectivity index (χ0) is 17.4. The highest BCUT2D eigenvalue weighted by molar-refractivity contribution is 7.29. The van der Waals surface area contributed by atoms with Gasteiger partial charge in [0.25, 0.3) is 5.91 Å². The third kappa shape index (κ3) is 4.37. The van der Waals surface area contributed by atoms with Crippen molar-refractivity contribution in [3.63, 3.8) is 0 Å². The van der Waals surface area contributed by atoms with Crippen LogP contribution >= 0.6 is 47.5 Å². The number of halogens is 2. The summed E-state index contributed by atoms with van der Waals surface area (Å²) in [5, 5.41) is 4.55. The number of carbonyl (C=O) groups excluding carboxylic acids is 1. The Bertz CT molecular complexity index is 727. The average molecular weight is 451 g/mol. The second-order valence-electron chi connectivity index (χ2n) is 7.17. The zero-order valence-corrected chi connectivity index (χ0v) is 19.1. The van der Waals surface area contributed by atoms with Crippen molar-refractivity contribution in [2.24, 2.45) is 5.41 Å². The molecule has 152 valence electrons. The van der Waals surface area contributed by atoms with Crippen LogP contribution in [0.2, 0.25) is 0 Å². The summed E-state index contributed by atoms with van der Waals surface area (Å²) in [6, 6.07) is 2.05. The van der Waals surface area contributed by atoms with Crippen LogP contribution in [0.3, 0.4) is 0 Å². The Morgan fingerprint density at radius 1 is 1.22 bits per heavy atom. The van der Waals surface area contributed by atoms with Gasteiger partial charge in [0.1, 0.15) is 4.83 Å². The minimum Gasteiger partial charge on any atom is -0.349 e. The standard InChI is InChI=1S/C18H26N4OS2.2ClH/c1-3-21(4-2)17-20-15-13(25-17)11-14(24-15)16(23)22-9-6-18(7-10-22)5-8-19-12-18;;/h11,19H,3-10,12H2,1-2H3;2*1H. The van der Waals surface area contributed by atoms with Crippen LogP contribution in [-0.4, -0.2) is 55.1 Å². The Balaban J connectivity index is 0.00000131. The molecular formula is C18H28Cl2N4OS2. The number of amides is 1. The number of likely N-dealkylation sites (tertiary alicyclic amines) is 1. The van der Waals surface area contributed by atoms with Gasteiger partial charge < -0.3 is 15.1 Å². The molecule has 2 aliphatic heterocycles. The van der Waals surface area contributed by atoms with Gasteiger partial charge in [-0.25, -0.2) is 4.98 Å². The number of thiazole rings is 1. The lowest BCUT2D eigenvalue weighted by Crippen LogP contribution is -2.43. The second-order valence-corrected chi connectivity index (χ2v) is 9.21. The van der Waals surface area contributed by atoms with E-state index in [9.17, 15) is 4.79 Å². The molecule has 0 unspecified atom stereocenters. The Morgan fingerprint density at radius 2 is 1.93 bits per heavy atom. The SMILES string of the molecule is CCN(CC)c1nc2sc(C(=O)N3CCC4(CCNC4)CC3)cc2s1.Cl.Cl. The fourth-order valence-electron chi connectivity index (χ4n) is 4.02. The highest BCUT2D eigenvalue weighted by atomic mass is 35.5. The molecular weight excluding hydrogens is 423 g/mol. The van der Waals surface area contributed by atoms with Gasteiger partial charge in [0, 0.05) is 32.7 Å². The summed E-state index contributed by atoms with van der Waals surface area (Å²) in [5.41, 5.74) is 0.451. The van der Waals surface area contributed by atoms with Crippen molar-refractivity contribution in [3.05, 3.63) is 10.9 Å². The molecule has 0 aromatic carbocycles. The number of thiophene rings is 1. The van der Waals surface area contributed by atoms with Crippen LogP contribution in [-0.2, 0) is 0 Å². The number of fused-ring (bicyclic) bond motifs is 1. The summed E-state index contributed by atoms with van der Waals surface area (Å²) in [6.45, 7) is 10.3. The van der Waals surface area contributed by atoms with Crippen LogP contribution < -0.4 is 10.2 Å². The monoisotopic (exact) mass is 450 g/mol. The summed E-state index contributed by atoms with van der Waals surface area (Å²) in [4.78, 5) is 23.8. The first-order chi connectivity index (χ1) is 12.1. The van der Waals surface area contributed by atoms with Gasteiger partial charge in [-0.1, -0.05) is 11.3 Å². The van der Waals surface area contributed by atoms with E-state index < -0.39 is 0 Å². The fraction of sp³-hybridized carbons (Fsp3) is 0.667. The third-order valence-electron chi connectivity index (χ3n) is 5.77. The zero-order valence-electron chi connectivity index (χ0n) is 15.8. The Hall–Kier alpha value is -0.600. The smallest absolute Gasteiger partial charge is 0.264 e. The van der Waals surface area contributed by atoms with Gasteiger partial charge >= 0.3 is 0 Å². The number of nitrogens with zero attached hydrogens (tertiary/aromatic N) is 3. The number of hydrogen-bond acceptors (Lipinski definition) is 6. The Kier molecular flexibility index (Phi) is 7.78. The largest absolute Gasteiger partial charge is 0.349 e. The quantitative estimate of drug-likeness (QED) is 0.755. The summed E-state index contributed by atoms with van der Waals surface area (Å²) in [7, 11) is 0. The Labute approximate surface area is 181 Å². The number of rotatable bonds is 4. The highest BCUT2D eigenvalue weighted by Crippen LogP contribution is 2.39. The fourth-order valence-corrected chi connectivity index (χ4v) is 6.33. The molecule has 0 aliphatic carbocycles. The van der Waals surface area contributed by atoms with Crippen molar-refractivity contribution in [3.8, 4) is 0 Å². The number of hydrogen-bond donors (Lipinski definition) is 1. The van der Waals surface area contributed by atoms with E-state index in [0.29, 0.717) is 5.41 Å². The van der Waals surface area contributed by atoms with E-state index >= 15 is 0 Å². The number of aromatic nitrogens is 1. The van der Waals surface area contributed by atoms with E-state index in [1.807, 2.05) is 4.90 Å². The van der Waals surface area contributed by atoms with Gasteiger partial charge in [-0.2, -0.15) is 0 Å². The maximum Gasteiger partial charge on any atom is 0.264 e. The second kappa shape index (κ2) is 9.27. The molecule has 4 rings (SSSR count). The molecule has 1 N–H and O–H groups in total. The number of carbonyl (C=O) groups is 1. The van der Waals surface area contributed by atoms with Gasteiger partial charge in [0.05, 0.1) is 9.58 Å². The maximum absolute atomic E-state index is 12.9. The van der Waals surface area contributed by atoms with Crippen LogP contribution in [0.5, 0.6) is 0 Å². The summed E-state index contributed by atoms with van der Waals surface area (Å²) in [6.07, 6.45) is 3.54. The molecule has 2 saturated heterocycles. The molecule has 2 fully saturated rings. The van der Waals surface area contributed by atoms with Crippen molar-refractivity contribution >= 4 is 68.1 Å². The van der Waals surface area contributed by atoms with Crippen molar-refractivity contribution < 1.29 is 4.79 Å². The first kappa shape index (κ1) is 22.7. The maximum atomic E-state index is 12.9. The van der Waals surface area contributed by atoms with Crippen molar-refractivity contribution in [1.82, 2.24) is 15.2 Å². The normalized spacial score (nSPS) is 18.4. The van der Waals surface area contributed by atoms with E-state index in [0.717, 1.165) is 71.6 Å². The van der Waals surface area contributed by atoms with Crippen LogP contribution in [0.25, 0.3) is 9.53 Å². The molecule has 0 bridgehead atoms.